The van der Waals surface area contributed by atoms with Crippen LogP contribution in [0, 0.1) is 107 Å². The molecule has 0 saturated heterocycles. The molecule has 3 aromatic heterocycles. The summed E-state index contributed by atoms with van der Waals surface area (Å²) in [6.07, 6.45) is 7.08. The van der Waals surface area contributed by atoms with Crippen LogP contribution >= 0.6 is 0 Å². The molecule has 0 N–H and O–H groups in total. The zero-order chi connectivity index (χ0) is 70.0. The zero-order valence-electron chi connectivity index (χ0n) is 60.8. The van der Waals surface area contributed by atoms with Gasteiger partial charge in [0, 0.05) is 83.9 Å². The van der Waals surface area contributed by atoms with Crippen LogP contribution in [0.25, 0.3) is 127 Å². The molecule has 4 nitrogen and oxygen atoms in total. The van der Waals surface area contributed by atoms with E-state index < -0.39 is 0 Å². The molecule has 8 heteroatoms. The number of hydrogen-bond acceptors (Lipinski definition) is 1. The zero-order valence-corrected chi connectivity index (χ0v) is 68.0. The van der Waals surface area contributed by atoms with E-state index in [9.17, 15) is 0 Å². The molecule has 3 heterocycles. The average Bonchev–Trinajstić information content (AvgIpc) is 1.61. The number of hydrogen-bond donors (Lipinski definition) is 0. The summed E-state index contributed by atoms with van der Waals surface area (Å²) >= 11 is 0. The number of rotatable bonds is 7. The van der Waals surface area contributed by atoms with E-state index in [2.05, 4.69) is 327 Å². The first-order valence-electron chi connectivity index (χ1n) is 35.3. The number of aryl methyl sites for hydroxylation is 11. The smallest absolute Gasteiger partial charge is 0.191 e. The number of benzene rings is 14. The van der Waals surface area contributed by atoms with E-state index >= 15 is 0 Å². The van der Waals surface area contributed by atoms with E-state index in [4.69, 9.17) is 0 Å². The first-order chi connectivity index (χ1) is 49.6. The van der Waals surface area contributed by atoms with Gasteiger partial charge in [-0.25, -0.2) is 15.6 Å². The molecule has 0 fully saturated rings. The first kappa shape index (κ1) is 73.3. The maximum atomic E-state index is 4.07. The van der Waals surface area contributed by atoms with Gasteiger partial charge in [0.1, 0.15) is 6.20 Å². The number of fused-ring (bicyclic) bond motifs is 12. The normalized spacial score (nSPS) is 11.2. The van der Waals surface area contributed by atoms with Crippen LogP contribution in [0.2, 0.25) is 0 Å². The summed E-state index contributed by atoms with van der Waals surface area (Å²) in [6, 6.07) is 105. The molecule has 0 amide bonds. The minimum atomic E-state index is 0. The molecule has 0 bridgehead atoms. The molecule has 14 aromatic carbocycles. The summed E-state index contributed by atoms with van der Waals surface area (Å²) in [7, 11) is 0. The van der Waals surface area contributed by atoms with Crippen molar-refractivity contribution in [3.63, 3.8) is 0 Å². The third-order valence-electron chi connectivity index (χ3n) is 20.6. The molecule has 2 aliphatic carbocycles. The van der Waals surface area contributed by atoms with Crippen LogP contribution in [0.15, 0.2) is 267 Å². The standard InChI is InChI=1S/C34H22.C30H29B.C24H19N2.C9H7N2.3Ir/c1-19-11-23-15-21(17-31-27-9-5-3-7-25(27)29(13-19)33(23)31)22-16-24-12-20(2)14-30-26-8-4-6-10-28(26)32(18-22)34(24)30;1-20-16-22(3)29(23(4)17-20)31(30-24(5)18-21(2)19-25(30)6)28-14-12-27(13-15-28)26-10-8-7-9-11-26;1-16-11-12-22-20(15-16)19-9-4-5-10-21(19)25-14-13-23(26(22)25)24-17(2)7-6-8-18(24)3;1-2-5-9(6-3-1)11-8-4-7-10-11;;;/h3-18H,1-2H3;7-10,12,14-19H,1-6H3;4-9,11-13,15H,1-3H3;1-5,7-8H;;;/q;-2;2*-1;;;. The minimum absolute atomic E-state index is 0. The van der Waals surface area contributed by atoms with Gasteiger partial charge < -0.3 is 0 Å². The van der Waals surface area contributed by atoms with Gasteiger partial charge in [0.15, 0.2) is 6.71 Å². The Kier molecular flexibility index (Phi) is 21.4. The molecular formula is C97H77BIr3N4-4. The number of para-hydroxylation sites is 2. The van der Waals surface area contributed by atoms with Crippen molar-refractivity contribution in [3.8, 4) is 83.7 Å². The van der Waals surface area contributed by atoms with Crippen LogP contribution < -0.4 is 20.9 Å². The SMILES string of the molecule is Cc1cc(C)c(B(c2c[c-]c(-c3[c-]cccc3)cc2)c2c(C)cc(C)cc2C)c(C)c1.Cc1cc2c3c(cc(-c4cc5c6c(cc(C)cc6c4)-c4ccccc4-5)cc3c1)-c1ccccc1-2.Cc1ccc2c(c1)c1ccc[c-]c1[n+]1[c-]cc(-c3c(C)cccc3C)n21.[Ir].[Ir].[Ir].[c-]1ccccc1-n1cccn1. The van der Waals surface area contributed by atoms with Crippen molar-refractivity contribution in [2.75, 3.05) is 0 Å². The molecule has 0 spiro atoms. The molecule has 17 aromatic rings. The first-order valence-corrected chi connectivity index (χ1v) is 35.3. The van der Waals surface area contributed by atoms with Crippen LogP contribution in [0.3, 0.4) is 0 Å². The molecule has 0 unspecified atom stereocenters. The second-order valence-electron chi connectivity index (χ2n) is 28.0. The predicted molar refractivity (Wildman–Crippen MR) is 429 cm³/mol. The third kappa shape index (κ3) is 13.8. The Morgan fingerprint density at radius 1 is 0.371 bits per heavy atom. The molecule has 0 saturated carbocycles. The van der Waals surface area contributed by atoms with E-state index in [-0.39, 0.29) is 67.0 Å². The van der Waals surface area contributed by atoms with Gasteiger partial charge in [0.2, 0.25) is 0 Å². The van der Waals surface area contributed by atoms with Gasteiger partial charge in [0.05, 0.1) is 5.52 Å². The topological polar surface area (TPSA) is 26.3 Å². The van der Waals surface area contributed by atoms with Crippen molar-refractivity contribution >= 4 is 66.5 Å². The minimum Gasteiger partial charge on any atom is -0.266 e. The van der Waals surface area contributed by atoms with Gasteiger partial charge in [-0.2, -0.15) is 107 Å². The Hall–Kier alpha value is -9.97. The molecule has 0 atom stereocenters. The maximum Gasteiger partial charge on any atom is 0.191 e. The molecular weight excluding hydrogens is 1810 g/mol. The quantitative estimate of drug-likeness (QED) is 0.0676. The largest absolute Gasteiger partial charge is 0.266 e. The average molecular weight is 1890 g/mol. The van der Waals surface area contributed by atoms with Gasteiger partial charge >= 0.3 is 0 Å². The van der Waals surface area contributed by atoms with Crippen molar-refractivity contribution in [3.05, 3.63) is 359 Å². The van der Waals surface area contributed by atoms with Gasteiger partial charge in [-0.1, -0.05) is 200 Å². The molecule has 19 rings (SSSR count). The van der Waals surface area contributed by atoms with E-state index in [1.165, 1.54) is 177 Å². The summed E-state index contributed by atoms with van der Waals surface area (Å²) < 4.78 is 6.14. The maximum absolute atomic E-state index is 4.07. The Morgan fingerprint density at radius 2 is 0.886 bits per heavy atom. The van der Waals surface area contributed by atoms with Crippen molar-refractivity contribution in [2.45, 2.75) is 76.2 Å². The molecule has 0 aliphatic heterocycles. The van der Waals surface area contributed by atoms with Crippen LogP contribution in [0.5, 0.6) is 0 Å². The second kappa shape index (κ2) is 30.6. The fourth-order valence-corrected chi connectivity index (χ4v) is 16.5. The fourth-order valence-electron chi connectivity index (χ4n) is 16.5. The fraction of sp³-hybridized carbons (Fsp3) is 0.113. The Morgan fingerprint density at radius 3 is 1.39 bits per heavy atom. The summed E-state index contributed by atoms with van der Waals surface area (Å²) in [5, 5.41) is 12.0. The Bertz CT molecular complexity index is 5870. The third-order valence-corrected chi connectivity index (χ3v) is 20.6. The van der Waals surface area contributed by atoms with Gasteiger partial charge in [-0.15, -0.1) is 23.0 Å². The van der Waals surface area contributed by atoms with E-state index in [1.54, 1.807) is 10.9 Å². The summed E-state index contributed by atoms with van der Waals surface area (Å²) in [5.41, 5.74) is 39.8. The van der Waals surface area contributed by atoms with Crippen molar-refractivity contribution < 1.29 is 64.8 Å². The van der Waals surface area contributed by atoms with Crippen LogP contribution in [0.4, 0.5) is 0 Å². The van der Waals surface area contributed by atoms with Gasteiger partial charge in [0.25, 0.3) is 0 Å². The van der Waals surface area contributed by atoms with Crippen LogP contribution in [-0.2, 0) is 60.3 Å². The van der Waals surface area contributed by atoms with Gasteiger partial charge in [-0.05, 0) is 212 Å². The van der Waals surface area contributed by atoms with E-state index in [0.29, 0.717) is 0 Å². The monoisotopic (exact) mass is 1890 g/mol. The van der Waals surface area contributed by atoms with E-state index in [1.807, 2.05) is 54.7 Å². The molecule has 2 aliphatic rings. The predicted octanol–water partition coefficient (Wildman–Crippen LogP) is 21.6. The number of nitrogens with zero attached hydrogens (tertiary/aromatic N) is 4. The summed E-state index contributed by atoms with van der Waals surface area (Å²) in [4.78, 5) is 0. The van der Waals surface area contributed by atoms with Crippen LogP contribution in [-0.4, -0.2) is 21.0 Å². The second-order valence-corrected chi connectivity index (χ2v) is 28.0. The molecule has 105 heavy (non-hydrogen) atoms. The Labute approximate surface area is 658 Å². The van der Waals surface area contributed by atoms with Gasteiger partial charge in [-0.3, -0.25) is 4.68 Å². The van der Waals surface area contributed by atoms with Crippen molar-refractivity contribution in [1.29, 1.82) is 0 Å². The van der Waals surface area contributed by atoms with Crippen molar-refractivity contribution in [2.24, 2.45) is 0 Å². The molecule has 519 valence electrons. The summed E-state index contributed by atoms with van der Waals surface area (Å²) in [5.74, 6) is 0. The molecule has 3 radical (unpaired) electrons. The Balaban J connectivity index is 0.000000129. The van der Waals surface area contributed by atoms with Crippen LogP contribution in [0.1, 0.15) is 61.2 Å². The summed E-state index contributed by atoms with van der Waals surface area (Å²) in [6.45, 7) is 24.4. The van der Waals surface area contributed by atoms with E-state index in [0.717, 1.165) is 28.0 Å². The van der Waals surface area contributed by atoms with Crippen molar-refractivity contribution in [1.82, 2.24) is 14.3 Å². The number of aromatic nitrogens is 4.